The molecule has 1 heterocycles. The van der Waals surface area contributed by atoms with E-state index in [9.17, 15) is 4.79 Å². The summed E-state index contributed by atoms with van der Waals surface area (Å²) in [5.41, 5.74) is 1.95. The lowest BCUT2D eigenvalue weighted by molar-refractivity contribution is 0.0954. The van der Waals surface area contributed by atoms with Gasteiger partial charge in [-0.3, -0.25) is 4.79 Å². The van der Waals surface area contributed by atoms with E-state index in [4.69, 9.17) is 0 Å². The smallest absolute Gasteiger partial charge is 0.251 e. The quantitative estimate of drug-likeness (QED) is 0.411. The molecule has 1 aromatic carbocycles. The van der Waals surface area contributed by atoms with Crippen molar-refractivity contribution in [3.63, 3.8) is 0 Å². The molecular weight excluding hydrogens is 320 g/mol. The molecular formula is C18H24N4OS. The summed E-state index contributed by atoms with van der Waals surface area (Å²) in [5, 5.41) is 11.4. The molecule has 0 radical (unpaired) electrons. The van der Waals surface area contributed by atoms with E-state index in [2.05, 4.69) is 39.3 Å². The highest BCUT2D eigenvalue weighted by Crippen LogP contribution is 2.16. The predicted octanol–water partition coefficient (Wildman–Crippen LogP) is 2.54. The molecule has 1 aromatic heterocycles. The first kappa shape index (κ1) is 18.0. The number of rotatable bonds is 7. The van der Waals surface area contributed by atoms with E-state index in [0.29, 0.717) is 25.2 Å². The van der Waals surface area contributed by atoms with Crippen molar-refractivity contribution < 1.29 is 4.79 Å². The molecule has 0 aliphatic heterocycles. The van der Waals surface area contributed by atoms with Crippen LogP contribution in [0.1, 0.15) is 27.7 Å². The van der Waals surface area contributed by atoms with Crippen LogP contribution in [0.4, 0.5) is 0 Å². The molecule has 0 atom stereocenters. The fourth-order valence-electron chi connectivity index (χ4n) is 2.11. The Morgan fingerprint density at radius 3 is 2.50 bits per heavy atom. The molecule has 1 amide bonds. The number of amides is 1. The van der Waals surface area contributed by atoms with Crippen LogP contribution in [0.2, 0.25) is 0 Å². The van der Waals surface area contributed by atoms with Gasteiger partial charge in [-0.15, -0.1) is 11.3 Å². The highest BCUT2D eigenvalue weighted by molar-refractivity contribution is 7.10. The van der Waals surface area contributed by atoms with E-state index in [1.54, 1.807) is 23.5 Å². The molecule has 6 heteroatoms. The fraction of sp³-hybridized carbons (Fsp3) is 0.333. The number of hydrogen-bond acceptors (Lipinski definition) is 3. The SMILES string of the molecule is CCNC(=NCc1sccc1C)NCCNC(=O)c1ccccc1. The number of thiophene rings is 1. The molecule has 128 valence electrons. The van der Waals surface area contributed by atoms with Crippen LogP contribution in [0.3, 0.4) is 0 Å². The number of aliphatic imine (C=N–C) groups is 1. The van der Waals surface area contributed by atoms with Crippen molar-refractivity contribution in [2.75, 3.05) is 19.6 Å². The van der Waals surface area contributed by atoms with Crippen LogP contribution in [0, 0.1) is 6.92 Å². The van der Waals surface area contributed by atoms with E-state index in [-0.39, 0.29) is 5.91 Å². The maximum Gasteiger partial charge on any atom is 0.251 e. The second kappa shape index (κ2) is 9.72. The van der Waals surface area contributed by atoms with Gasteiger partial charge < -0.3 is 16.0 Å². The summed E-state index contributed by atoms with van der Waals surface area (Å²) < 4.78 is 0. The van der Waals surface area contributed by atoms with Crippen molar-refractivity contribution in [1.82, 2.24) is 16.0 Å². The minimum absolute atomic E-state index is 0.0615. The van der Waals surface area contributed by atoms with Gasteiger partial charge in [0.1, 0.15) is 0 Å². The lowest BCUT2D eigenvalue weighted by Gasteiger charge is -2.12. The van der Waals surface area contributed by atoms with Gasteiger partial charge in [-0.05, 0) is 43.0 Å². The summed E-state index contributed by atoms with van der Waals surface area (Å²) in [6.45, 7) is 6.75. The van der Waals surface area contributed by atoms with Crippen LogP contribution in [-0.2, 0) is 6.54 Å². The number of hydrogen-bond donors (Lipinski definition) is 3. The highest BCUT2D eigenvalue weighted by atomic mass is 32.1. The molecule has 5 nitrogen and oxygen atoms in total. The van der Waals surface area contributed by atoms with E-state index in [1.165, 1.54) is 10.4 Å². The second-order valence-corrected chi connectivity index (χ2v) is 6.27. The van der Waals surface area contributed by atoms with Crippen LogP contribution in [0.15, 0.2) is 46.8 Å². The average molecular weight is 344 g/mol. The van der Waals surface area contributed by atoms with Gasteiger partial charge in [0.05, 0.1) is 6.54 Å². The number of guanidine groups is 1. The van der Waals surface area contributed by atoms with Crippen molar-refractivity contribution in [1.29, 1.82) is 0 Å². The summed E-state index contributed by atoms with van der Waals surface area (Å²) in [6, 6.07) is 11.3. The van der Waals surface area contributed by atoms with Crippen LogP contribution in [0.5, 0.6) is 0 Å². The number of nitrogens with zero attached hydrogens (tertiary/aromatic N) is 1. The summed E-state index contributed by atoms with van der Waals surface area (Å²) in [6.07, 6.45) is 0. The Bertz CT molecular complexity index is 667. The first-order valence-corrected chi connectivity index (χ1v) is 8.97. The number of carbonyl (C=O) groups excluding carboxylic acids is 1. The van der Waals surface area contributed by atoms with Gasteiger partial charge in [-0.2, -0.15) is 0 Å². The monoisotopic (exact) mass is 344 g/mol. The third-order valence-corrected chi connectivity index (χ3v) is 4.44. The van der Waals surface area contributed by atoms with Gasteiger partial charge in [-0.25, -0.2) is 4.99 Å². The van der Waals surface area contributed by atoms with Crippen LogP contribution < -0.4 is 16.0 Å². The van der Waals surface area contributed by atoms with Gasteiger partial charge in [0.15, 0.2) is 5.96 Å². The zero-order valence-corrected chi connectivity index (χ0v) is 15.0. The van der Waals surface area contributed by atoms with Gasteiger partial charge in [0, 0.05) is 30.1 Å². The van der Waals surface area contributed by atoms with Crippen molar-refractivity contribution in [3.8, 4) is 0 Å². The third-order valence-electron chi connectivity index (χ3n) is 3.43. The van der Waals surface area contributed by atoms with Crippen molar-refractivity contribution >= 4 is 23.2 Å². The standard InChI is InChI=1S/C18H24N4OS/c1-3-19-18(22-13-16-14(2)9-12-24-16)21-11-10-20-17(23)15-7-5-4-6-8-15/h4-9,12H,3,10-11,13H2,1-2H3,(H,20,23)(H2,19,21,22). The summed E-state index contributed by atoms with van der Waals surface area (Å²) in [5.74, 6) is 0.702. The van der Waals surface area contributed by atoms with Crippen LogP contribution in [0.25, 0.3) is 0 Å². The van der Waals surface area contributed by atoms with E-state index in [0.717, 1.165) is 12.5 Å². The van der Waals surface area contributed by atoms with E-state index < -0.39 is 0 Å². The molecule has 2 rings (SSSR count). The third kappa shape index (κ3) is 5.70. The van der Waals surface area contributed by atoms with Gasteiger partial charge >= 0.3 is 0 Å². The molecule has 3 N–H and O–H groups in total. The van der Waals surface area contributed by atoms with Gasteiger partial charge in [0.2, 0.25) is 0 Å². The Labute approximate surface area is 147 Å². The summed E-state index contributed by atoms with van der Waals surface area (Å²) >= 11 is 1.72. The zero-order chi connectivity index (χ0) is 17.2. The minimum atomic E-state index is -0.0615. The Morgan fingerprint density at radius 2 is 1.83 bits per heavy atom. The Morgan fingerprint density at radius 1 is 1.08 bits per heavy atom. The lowest BCUT2D eigenvalue weighted by atomic mass is 10.2. The first-order chi connectivity index (χ1) is 11.7. The fourth-order valence-corrected chi connectivity index (χ4v) is 2.94. The summed E-state index contributed by atoms with van der Waals surface area (Å²) in [7, 11) is 0. The maximum absolute atomic E-state index is 12.0. The largest absolute Gasteiger partial charge is 0.357 e. The molecule has 0 bridgehead atoms. The van der Waals surface area contributed by atoms with Crippen LogP contribution in [-0.4, -0.2) is 31.5 Å². The molecule has 2 aromatic rings. The zero-order valence-electron chi connectivity index (χ0n) is 14.1. The molecule has 0 unspecified atom stereocenters. The Kier molecular flexibility index (Phi) is 7.29. The number of nitrogens with one attached hydrogen (secondary N) is 3. The summed E-state index contributed by atoms with van der Waals surface area (Å²) in [4.78, 5) is 17.8. The van der Waals surface area contributed by atoms with Crippen LogP contribution >= 0.6 is 11.3 Å². The van der Waals surface area contributed by atoms with Crippen molar-refractivity contribution in [3.05, 3.63) is 57.8 Å². The Hall–Kier alpha value is -2.34. The molecule has 24 heavy (non-hydrogen) atoms. The predicted molar refractivity (Wildman–Crippen MR) is 101 cm³/mol. The first-order valence-electron chi connectivity index (χ1n) is 8.09. The van der Waals surface area contributed by atoms with Gasteiger partial charge in [0.25, 0.3) is 5.91 Å². The number of carbonyl (C=O) groups is 1. The molecule has 0 aliphatic carbocycles. The molecule has 0 saturated carbocycles. The highest BCUT2D eigenvalue weighted by Gasteiger charge is 2.04. The number of benzene rings is 1. The second-order valence-electron chi connectivity index (χ2n) is 5.27. The topological polar surface area (TPSA) is 65.5 Å². The lowest BCUT2D eigenvalue weighted by Crippen LogP contribution is -2.41. The van der Waals surface area contributed by atoms with Gasteiger partial charge in [-0.1, -0.05) is 18.2 Å². The molecule has 0 fully saturated rings. The average Bonchev–Trinajstić information content (AvgIpc) is 3.02. The van der Waals surface area contributed by atoms with Crippen molar-refractivity contribution in [2.45, 2.75) is 20.4 Å². The molecule has 0 aliphatic rings. The maximum atomic E-state index is 12.0. The van der Waals surface area contributed by atoms with E-state index in [1.807, 2.05) is 25.1 Å². The van der Waals surface area contributed by atoms with Crippen molar-refractivity contribution in [2.24, 2.45) is 4.99 Å². The molecule has 0 saturated heterocycles. The molecule has 0 spiro atoms. The van der Waals surface area contributed by atoms with E-state index >= 15 is 0 Å². The Balaban J connectivity index is 1.77. The number of aryl methyl sites for hydroxylation is 1. The normalized spacial score (nSPS) is 11.2. The minimum Gasteiger partial charge on any atom is -0.357 e.